The lowest BCUT2D eigenvalue weighted by Crippen LogP contribution is -2.26. The van der Waals surface area contributed by atoms with E-state index in [0.29, 0.717) is 18.3 Å². The van der Waals surface area contributed by atoms with Crippen LogP contribution in [-0.2, 0) is 13.0 Å². The van der Waals surface area contributed by atoms with Gasteiger partial charge >= 0.3 is 0 Å². The molecule has 4 nitrogen and oxygen atoms in total. The number of benzene rings is 2. The quantitative estimate of drug-likeness (QED) is 0.725. The zero-order valence-electron chi connectivity index (χ0n) is 16.6. The van der Waals surface area contributed by atoms with Gasteiger partial charge in [-0.1, -0.05) is 48.5 Å². The fraction of sp³-hybridized carbons (Fsp3) is 0.333. The molecule has 1 aliphatic heterocycles. The second-order valence-electron chi connectivity index (χ2n) is 7.80. The molecule has 28 heavy (non-hydrogen) atoms. The van der Waals surface area contributed by atoms with Gasteiger partial charge in [0.1, 0.15) is 5.82 Å². The molecule has 4 rings (SSSR count). The van der Waals surface area contributed by atoms with Crippen LogP contribution < -0.4 is 5.56 Å². The van der Waals surface area contributed by atoms with Gasteiger partial charge < -0.3 is 4.98 Å². The largest absolute Gasteiger partial charge is 0.306 e. The van der Waals surface area contributed by atoms with Crippen LogP contribution in [0, 0.1) is 6.92 Å². The van der Waals surface area contributed by atoms with Crippen molar-refractivity contribution in [2.24, 2.45) is 0 Å². The Labute approximate surface area is 166 Å². The van der Waals surface area contributed by atoms with Crippen molar-refractivity contribution in [1.82, 2.24) is 14.9 Å². The predicted octanol–water partition coefficient (Wildman–Crippen LogP) is 4.32. The highest BCUT2D eigenvalue weighted by molar-refractivity contribution is 5.56. The molecule has 0 saturated carbocycles. The summed E-state index contributed by atoms with van der Waals surface area (Å²) in [5.41, 5.74) is 4.83. The smallest absolute Gasteiger partial charge is 0.254 e. The van der Waals surface area contributed by atoms with Crippen molar-refractivity contribution in [3.63, 3.8) is 0 Å². The molecule has 1 atom stereocenters. The molecule has 1 N–H and O–H groups in total. The molecule has 1 aromatic heterocycles. The van der Waals surface area contributed by atoms with Gasteiger partial charge in [-0.05, 0) is 50.4 Å². The van der Waals surface area contributed by atoms with E-state index in [1.807, 2.05) is 43.3 Å². The summed E-state index contributed by atoms with van der Waals surface area (Å²) >= 11 is 0. The van der Waals surface area contributed by atoms with Crippen LogP contribution in [0.15, 0.2) is 59.4 Å². The molecule has 2 heterocycles. The first-order valence-corrected chi connectivity index (χ1v) is 10.1. The van der Waals surface area contributed by atoms with Crippen LogP contribution in [0.4, 0.5) is 0 Å². The van der Waals surface area contributed by atoms with Gasteiger partial charge in [-0.2, -0.15) is 0 Å². The number of aromatic amines is 1. The maximum atomic E-state index is 12.7. The minimum Gasteiger partial charge on any atom is -0.306 e. The summed E-state index contributed by atoms with van der Waals surface area (Å²) in [4.78, 5) is 23.0. The molecule has 1 aliphatic rings. The number of hydrogen-bond donors (Lipinski definition) is 1. The van der Waals surface area contributed by atoms with Gasteiger partial charge in [-0.15, -0.1) is 0 Å². The maximum absolute atomic E-state index is 12.7. The van der Waals surface area contributed by atoms with E-state index >= 15 is 0 Å². The minimum absolute atomic E-state index is 0.0510. The molecule has 0 bridgehead atoms. The number of nitrogens with one attached hydrogen (secondary N) is 1. The fourth-order valence-electron chi connectivity index (χ4n) is 4.03. The summed E-state index contributed by atoms with van der Waals surface area (Å²) in [6.45, 7) is 6.33. The first-order valence-electron chi connectivity index (χ1n) is 10.1. The lowest BCUT2D eigenvalue weighted by Gasteiger charge is -2.21. The summed E-state index contributed by atoms with van der Waals surface area (Å²) in [7, 11) is 0. The van der Waals surface area contributed by atoms with E-state index in [1.165, 1.54) is 18.4 Å². The van der Waals surface area contributed by atoms with Crippen molar-refractivity contribution in [3.8, 4) is 11.4 Å². The first kappa shape index (κ1) is 18.6. The molecule has 0 amide bonds. The summed E-state index contributed by atoms with van der Waals surface area (Å²) in [6.07, 6.45) is 3.15. The van der Waals surface area contributed by atoms with Crippen molar-refractivity contribution >= 4 is 0 Å². The zero-order chi connectivity index (χ0) is 19.5. The van der Waals surface area contributed by atoms with Crippen LogP contribution in [0.3, 0.4) is 0 Å². The van der Waals surface area contributed by atoms with Crippen LogP contribution in [-0.4, -0.2) is 27.5 Å². The van der Waals surface area contributed by atoms with Crippen molar-refractivity contribution in [2.45, 2.75) is 45.7 Å². The van der Waals surface area contributed by atoms with Gasteiger partial charge in [0.2, 0.25) is 0 Å². The third-order valence-corrected chi connectivity index (χ3v) is 5.72. The molecule has 1 fully saturated rings. The summed E-state index contributed by atoms with van der Waals surface area (Å²) in [6, 6.07) is 19.1. The summed E-state index contributed by atoms with van der Waals surface area (Å²) in [5.74, 6) is 0.649. The highest BCUT2D eigenvalue weighted by Crippen LogP contribution is 2.22. The second-order valence-corrected chi connectivity index (χ2v) is 7.80. The Morgan fingerprint density at radius 3 is 2.61 bits per heavy atom. The maximum Gasteiger partial charge on any atom is 0.254 e. The Balaban J connectivity index is 1.59. The van der Waals surface area contributed by atoms with Crippen molar-refractivity contribution in [3.05, 3.63) is 87.3 Å². The third kappa shape index (κ3) is 4.07. The molecule has 4 heteroatoms. The van der Waals surface area contributed by atoms with Crippen molar-refractivity contribution in [2.75, 3.05) is 6.54 Å². The highest BCUT2D eigenvalue weighted by atomic mass is 16.1. The molecule has 3 aromatic rings. The molecule has 144 valence electrons. The number of nitrogens with zero attached hydrogens (tertiary/aromatic N) is 2. The SMILES string of the molecule is Cc1nc(-c2cccc(CN3CCC[C@H]3C)c2)[nH]c(=O)c1Cc1ccccc1. The van der Waals surface area contributed by atoms with Crippen molar-refractivity contribution in [1.29, 1.82) is 0 Å². The molecule has 0 aliphatic carbocycles. The minimum atomic E-state index is -0.0510. The Hall–Kier alpha value is -2.72. The Kier molecular flexibility index (Phi) is 5.40. The average molecular weight is 374 g/mol. The van der Waals surface area contributed by atoms with E-state index in [4.69, 9.17) is 4.98 Å². The van der Waals surface area contributed by atoms with E-state index in [-0.39, 0.29) is 5.56 Å². The number of aromatic nitrogens is 2. The van der Waals surface area contributed by atoms with Gasteiger partial charge in [0, 0.05) is 35.8 Å². The Morgan fingerprint density at radius 2 is 1.89 bits per heavy atom. The van der Waals surface area contributed by atoms with Crippen LogP contribution in [0.1, 0.15) is 42.1 Å². The number of hydrogen-bond acceptors (Lipinski definition) is 3. The van der Waals surface area contributed by atoms with Crippen molar-refractivity contribution < 1.29 is 0 Å². The standard InChI is InChI=1S/C24H27N3O/c1-17-8-7-13-27(17)16-20-11-6-12-21(14-20)23-25-18(2)22(24(28)26-23)15-19-9-4-3-5-10-19/h3-6,9-12,14,17H,7-8,13,15-16H2,1-2H3,(H,25,26,28)/t17-/m1/s1. The molecular weight excluding hydrogens is 346 g/mol. The monoisotopic (exact) mass is 373 g/mol. The van der Waals surface area contributed by atoms with Crippen LogP contribution in [0.25, 0.3) is 11.4 Å². The average Bonchev–Trinajstić information content (AvgIpc) is 3.10. The van der Waals surface area contributed by atoms with E-state index in [2.05, 4.69) is 35.0 Å². The molecule has 0 spiro atoms. The van der Waals surface area contributed by atoms with Gasteiger partial charge in [-0.25, -0.2) is 4.98 Å². The van der Waals surface area contributed by atoms with Gasteiger partial charge in [-0.3, -0.25) is 9.69 Å². The van der Waals surface area contributed by atoms with Crippen LogP contribution in [0.2, 0.25) is 0 Å². The molecular formula is C24H27N3O. The van der Waals surface area contributed by atoms with E-state index in [0.717, 1.165) is 35.5 Å². The summed E-state index contributed by atoms with van der Waals surface area (Å²) < 4.78 is 0. The third-order valence-electron chi connectivity index (χ3n) is 5.72. The lowest BCUT2D eigenvalue weighted by atomic mass is 10.0. The topological polar surface area (TPSA) is 49.0 Å². The van der Waals surface area contributed by atoms with E-state index < -0.39 is 0 Å². The number of likely N-dealkylation sites (tertiary alicyclic amines) is 1. The zero-order valence-corrected chi connectivity index (χ0v) is 16.6. The lowest BCUT2D eigenvalue weighted by molar-refractivity contribution is 0.260. The second kappa shape index (κ2) is 8.11. The molecule has 0 unspecified atom stereocenters. The molecule has 1 saturated heterocycles. The van der Waals surface area contributed by atoms with Crippen LogP contribution in [0.5, 0.6) is 0 Å². The Morgan fingerprint density at radius 1 is 1.11 bits per heavy atom. The normalized spacial score (nSPS) is 17.1. The number of aryl methyl sites for hydroxylation is 1. The van der Waals surface area contributed by atoms with Gasteiger partial charge in [0.25, 0.3) is 5.56 Å². The summed E-state index contributed by atoms with van der Waals surface area (Å²) in [5, 5.41) is 0. The first-order chi connectivity index (χ1) is 13.6. The number of rotatable bonds is 5. The number of H-pyrrole nitrogens is 1. The van der Waals surface area contributed by atoms with Crippen LogP contribution >= 0.6 is 0 Å². The molecule has 2 aromatic carbocycles. The highest BCUT2D eigenvalue weighted by Gasteiger charge is 2.20. The fourth-order valence-corrected chi connectivity index (χ4v) is 4.03. The van der Waals surface area contributed by atoms with E-state index in [9.17, 15) is 4.79 Å². The van der Waals surface area contributed by atoms with E-state index in [1.54, 1.807) is 0 Å². The van der Waals surface area contributed by atoms with Gasteiger partial charge in [0.05, 0.1) is 0 Å². The molecule has 0 radical (unpaired) electrons. The van der Waals surface area contributed by atoms with Gasteiger partial charge in [0.15, 0.2) is 0 Å². The predicted molar refractivity (Wildman–Crippen MR) is 113 cm³/mol. The Bertz CT molecular complexity index is 1010.